The summed E-state index contributed by atoms with van der Waals surface area (Å²) in [6.07, 6.45) is 0. The van der Waals surface area contributed by atoms with Crippen molar-refractivity contribution >= 4 is 5.65 Å². The lowest BCUT2D eigenvalue weighted by Gasteiger charge is -2.13. The van der Waals surface area contributed by atoms with Crippen LogP contribution in [0.3, 0.4) is 0 Å². The Kier molecular flexibility index (Phi) is 3.65. The van der Waals surface area contributed by atoms with Crippen molar-refractivity contribution in [2.75, 3.05) is 0 Å². The fraction of sp³-hybridized carbons (Fsp3) is 0.182. The van der Waals surface area contributed by atoms with Crippen LogP contribution in [0.2, 0.25) is 0 Å². The smallest absolute Gasteiger partial charge is 0.156 e. The molecule has 2 heterocycles. The van der Waals surface area contributed by atoms with Crippen LogP contribution in [0.1, 0.15) is 26.5 Å². The molecular formula is C22H21N3. The van der Waals surface area contributed by atoms with Gasteiger partial charge in [-0.1, -0.05) is 81.4 Å². The molecule has 0 bridgehead atoms. The molecule has 0 spiro atoms. The zero-order valence-electron chi connectivity index (χ0n) is 14.8. The van der Waals surface area contributed by atoms with Crippen molar-refractivity contribution in [1.29, 1.82) is 0 Å². The Bertz CT molecular complexity index is 1010. The first-order valence-corrected chi connectivity index (χ1v) is 8.54. The van der Waals surface area contributed by atoms with E-state index in [0.717, 1.165) is 33.9 Å². The third kappa shape index (κ3) is 2.93. The van der Waals surface area contributed by atoms with Crippen LogP contribution in [0.5, 0.6) is 0 Å². The van der Waals surface area contributed by atoms with E-state index in [2.05, 4.69) is 69.3 Å². The molecule has 3 heteroatoms. The molecule has 0 unspecified atom stereocenters. The fourth-order valence-electron chi connectivity index (χ4n) is 2.91. The summed E-state index contributed by atoms with van der Waals surface area (Å²) >= 11 is 0. The molecule has 2 aromatic carbocycles. The molecule has 0 saturated carbocycles. The van der Waals surface area contributed by atoms with Crippen molar-refractivity contribution in [3.63, 3.8) is 0 Å². The molecule has 0 N–H and O–H groups in total. The largest absolute Gasteiger partial charge is 0.228 e. The van der Waals surface area contributed by atoms with Crippen LogP contribution < -0.4 is 0 Å². The highest BCUT2D eigenvalue weighted by atomic mass is 15.3. The van der Waals surface area contributed by atoms with Crippen molar-refractivity contribution < 1.29 is 0 Å². The first-order chi connectivity index (χ1) is 12.0. The van der Waals surface area contributed by atoms with Gasteiger partial charge in [-0.2, -0.15) is 5.10 Å². The highest BCUT2D eigenvalue weighted by molar-refractivity contribution is 5.71. The Balaban J connectivity index is 2.01. The quantitative estimate of drug-likeness (QED) is 0.496. The van der Waals surface area contributed by atoms with E-state index in [1.807, 2.05) is 28.8 Å². The molecule has 3 nitrogen and oxygen atoms in total. The van der Waals surface area contributed by atoms with Gasteiger partial charge in [0.05, 0.1) is 17.1 Å². The van der Waals surface area contributed by atoms with Gasteiger partial charge in [0.25, 0.3) is 0 Å². The number of benzene rings is 2. The van der Waals surface area contributed by atoms with Crippen LogP contribution in [-0.2, 0) is 5.41 Å². The predicted octanol–water partition coefficient (Wildman–Crippen LogP) is 5.36. The van der Waals surface area contributed by atoms with E-state index in [-0.39, 0.29) is 5.41 Å². The van der Waals surface area contributed by atoms with Gasteiger partial charge in [-0.15, -0.1) is 0 Å². The van der Waals surface area contributed by atoms with Crippen LogP contribution >= 0.6 is 0 Å². The van der Waals surface area contributed by atoms with Crippen molar-refractivity contribution in [1.82, 2.24) is 14.6 Å². The van der Waals surface area contributed by atoms with E-state index in [1.54, 1.807) is 0 Å². The maximum Gasteiger partial charge on any atom is 0.156 e. The van der Waals surface area contributed by atoms with Crippen LogP contribution in [0, 0.1) is 0 Å². The number of fused-ring (bicyclic) bond motifs is 1. The minimum Gasteiger partial charge on any atom is -0.228 e. The number of hydrogen-bond acceptors (Lipinski definition) is 2. The van der Waals surface area contributed by atoms with E-state index < -0.39 is 0 Å². The molecule has 0 aliphatic heterocycles. The minimum absolute atomic E-state index is 0.0193. The number of aromatic nitrogens is 3. The van der Waals surface area contributed by atoms with Crippen molar-refractivity contribution in [3.8, 4) is 22.5 Å². The summed E-state index contributed by atoms with van der Waals surface area (Å²) in [5, 5.41) is 4.85. The fourth-order valence-corrected chi connectivity index (χ4v) is 2.91. The molecule has 0 atom stereocenters. The topological polar surface area (TPSA) is 30.2 Å². The molecule has 4 aromatic rings. The second-order valence-corrected chi connectivity index (χ2v) is 7.31. The van der Waals surface area contributed by atoms with E-state index in [1.165, 1.54) is 0 Å². The monoisotopic (exact) mass is 327 g/mol. The van der Waals surface area contributed by atoms with Crippen LogP contribution in [0.15, 0.2) is 72.8 Å². The Hall–Kier alpha value is -2.94. The molecule has 0 aliphatic carbocycles. The molecule has 0 amide bonds. The average Bonchev–Trinajstić information content (AvgIpc) is 3.07. The molecule has 25 heavy (non-hydrogen) atoms. The van der Waals surface area contributed by atoms with Gasteiger partial charge in [0.2, 0.25) is 0 Å². The summed E-state index contributed by atoms with van der Waals surface area (Å²) in [4.78, 5) is 4.87. The Morgan fingerprint density at radius 3 is 1.96 bits per heavy atom. The van der Waals surface area contributed by atoms with Gasteiger partial charge in [-0.05, 0) is 6.07 Å². The van der Waals surface area contributed by atoms with Crippen molar-refractivity contribution in [3.05, 3.63) is 78.5 Å². The van der Waals surface area contributed by atoms with Crippen LogP contribution in [-0.4, -0.2) is 14.6 Å². The van der Waals surface area contributed by atoms with Gasteiger partial charge in [0.15, 0.2) is 5.65 Å². The Labute approximate surface area is 148 Å². The lowest BCUT2D eigenvalue weighted by atomic mass is 9.93. The Morgan fingerprint density at radius 2 is 1.36 bits per heavy atom. The van der Waals surface area contributed by atoms with E-state index >= 15 is 0 Å². The van der Waals surface area contributed by atoms with Crippen molar-refractivity contribution in [2.45, 2.75) is 26.2 Å². The summed E-state index contributed by atoms with van der Waals surface area (Å²) in [6, 6.07) is 24.9. The van der Waals surface area contributed by atoms with Crippen LogP contribution in [0.25, 0.3) is 28.2 Å². The van der Waals surface area contributed by atoms with Gasteiger partial charge >= 0.3 is 0 Å². The third-order valence-corrected chi connectivity index (χ3v) is 4.33. The second kappa shape index (κ2) is 5.85. The zero-order chi connectivity index (χ0) is 17.4. The van der Waals surface area contributed by atoms with Gasteiger partial charge in [0, 0.05) is 22.6 Å². The molecule has 0 radical (unpaired) electrons. The SMILES string of the molecule is CC(C)(C)c1cc2nc(-c3ccccc3)cc(-c3ccccc3)n2n1. The van der Waals surface area contributed by atoms with Gasteiger partial charge in [-0.3, -0.25) is 0 Å². The number of nitrogens with zero attached hydrogens (tertiary/aromatic N) is 3. The first kappa shape index (κ1) is 15.6. The molecular weight excluding hydrogens is 306 g/mol. The number of rotatable bonds is 2. The van der Waals surface area contributed by atoms with E-state index in [0.29, 0.717) is 0 Å². The highest BCUT2D eigenvalue weighted by Gasteiger charge is 2.20. The van der Waals surface area contributed by atoms with Gasteiger partial charge in [0.1, 0.15) is 0 Å². The molecule has 0 saturated heterocycles. The molecule has 0 aliphatic rings. The lowest BCUT2D eigenvalue weighted by Crippen LogP contribution is -2.12. The summed E-state index contributed by atoms with van der Waals surface area (Å²) in [5.74, 6) is 0. The minimum atomic E-state index is -0.0193. The summed E-state index contributed by atoms with van der Waals surface area (Å²) in [5.41, 5.74) is 6.17. The second-order valence-electron chi connectivity index (χ2n) is 7.31. The van der Waals surface area contributed by atoms with Crippen LogP contribution in [0.4, 0.5) is 0 Å². The normalized spacial score (nSPS) is 11.8. The summed E-state index contributed by atoms with van der Waals surface area (Å²) in [7, 11) is 0. The average molecular weight is 327 g/mol. The third-order valence-electron chi connectivity index (χ3n) is 4.33. The zero-order valence-corrected chi connectivity index (χ0v) is 14.8. The molecule has 2 aromatic heterocycles. The molecule has 4 rings (SSSR count). The van der Waals surface area contributed by atoms with E-state index in [4.69, 9.17) is 10.1 Å². The van der Waals surface area contributed by atoms with Gasteiger partial charge in [-0.25, -0.2) is 9.50 Å². The predicted molar refractivity (Wildman–Crippen MR) is 103 cm³/mol. The lowest BCUT2D eigenvalue weighted by molar-refractivity contribution is 0.563. The van der Waals surface area contributed by atoms with E-state index in [9.17, 15) is 0 Å². The molecule has 124 valence electrons. The van der Waals surface area contributed by atoms with Gasteiger partial charge < -0.3 is 0 Å². The molecule has 0 fully saturated rings. The summed E-state index contributed by atoms with van der Waals surface area (Å²) in [6.45, 7) is 6.53. The maximum atomic E-state index is 4.87. The first-order valence-electron chi connectivity index (χ1n) is 8.54. The highest BCUT2D eigenvalue weighted by Crippen LogP contribution is 2.29. The Morgan fingerprint density at radius 1 is 0.760 bits per heavy atom. The van der Waals surface area contributed by atoms with Crippen molar-refractivity contribution in [2.24, 2.45) is 0 Å². The summed E-state index contributed by atoms with van der Waals surface area (Å²) < 4.78 is 1.96. The number of hydrogen-bond donors (Lipinski definition) is 0. The standard InChI is InChI=1S/C22H21N3/c1-22(2,3)20-15-21-23-18(16-10-6-4-7-11-16)14-19(25(21)24-20)17-12-8-5-9-13-17/h4-15H,1-3H3. The maximum absolute atomic E-state index is 4.87.